The van der Waals surface area contributed by atoms with Crippen LogP contribution in [0, 0.1) is 13.8 Å². The SMILES string of the molecule is Cc1ccc(C)c(Oc2ncc(CO)cc2Cl)c1. The molecule has 0 saturated carbocycles. The third-order valence-electron chi connectivity index (χ3n) is 2.60. The molecule has 3 nitrogen and oxygen atoms in total. The molecule has 0 atom stereocenters. The number of nitrogens with zero attached hydrogens (tertiary/aromatic N) is 1. The molecule has 4 heteroatoms. The summed E-state index contributed by atoms with van der Waals surface area (Å²) >= 11 is 6.05. The van der Waals surface area contributed by atoms with Crippen molar-refractivity contribution in [2.75, 3.05) is 0 Å². The van der Waals surface area contributed by atoms with Crippen LogP contribution in [0.1, 0.15) is 16.7 Å². The van der Waals surface area contributed by atoms with Gasteiger partial charge in [0.2, 0.25) is 5.88 Å². The molecule has 0 aliphatic rings. The molecule has 1 aromatic heterocycles. The van der Waals surface area contributed by atoms with Crippen LogP contribution in [0.2, 0.25) is 5.02 Å². The van der Waals surface area contributed by atoms with E-state index in [1.54, 1.807) is 12.3 Å². The van der Waals surface area contributed by atoms with Crippen LogP contribution < -0.4 is 4.74 Å². The van der Waals surface area contributed by atoms with Crippen molar-refractivity contribution in [2.45, 2.75) is 20.5 Å². The second kappa shape index (κ2) is 5.38. The van der Waals surface area contributed by atoms with E-state index < -0.39 is 0 Å². The van der Waals surface area contributed by atoms with Gasteiger partial charge in [-0.2, -0.15) is 0 Å². The summed E-state index contributed by atoms with van der Waals surface area (Å²) < 4.78 is 5.70. The Morgan fingerprint density at radius 1 is 1.28 bits per heavy atom. The van der Waals surface area contributed by atoms with Gasteiger partial charge in [-0.15, -0.1) is 0 Å². The molecule has 94 valence electrons. The summed E-state index contributed by atoms with van der Waals surface area (Å²) in [6, 6.07) is 7.59. The minimum atomic E-state index is -0.0868. The molecule has 0 fully saturated rings. The van der Waals surface area contributed by atoms with Crippen LogP contribution in [0.15, 0.2) is 30.5 Å². The maximum atomic E-state index is 8.98. The number of ether oxygens (including phenoxy) is 1. The minimum absolute atomic E-state index is 0.0868. The number of benzene rings is 1. The number of aliphatic hydroxyl groups is 1. The molecule has 0 radical (unpaired) electrons. The van der Waals surface area contributed by atoms with E-state index in [0.29, 0.717) is 16.5 Å². The number of aryl methyl sites for hydroxylation is 2. The summed E-state index contributed by atoms with van der Waals surface area (Å²) in [5.74, 6) is 1.09. The van der Waals surface area contributed by atoms with Crippen LogP contribution in [0.25, 0.3) is 0 Å². The number of hydrogen-bond donors (Lipinski definition) is 1. The zero-order chi connectivity index (χ0) is 13.1. The Kier molecular flexibility index (Phi) is 3.84. The van der Waals surface area contributed by atoms with Crippen molar-refractivity contribution in [1.29, 1.82) is 0 Å². The fourth-order valence-electron chi connectivity index (χ4n) is 1.55. The Balaban J connectivity index is 2.31. The second-order valence-corrected chi connectivity index (χ2v) is 4.57. The average Bonchev–Trinajstić information content (AvgIpc) is 2.36. The number of aliphatic hydroxyl groups excluding tert-OH is 1. The molecular weight excluding hydrogens is 250 g/mol. The molecular formula is C14H14ClNO2. The normalized spacial score (nSPS) is 10.4. The Labute approximate surface area is 111 Å². The first kappa shape index (κ1) is 12.9. The Morgan fingerprint density at radius 2 is 2.06 bits per heavy atom. The van der Waals surface area contributed by atoms with Crippen molar-refractivity contribution in [3.8, 4) is 11.6 Å². The third-order valence-corrected chi connectivity index (χ3v) is 2.87. The maximum Gasteiger partial charge on any atom is 0.238 e. The highest BCUT2D eigenvalue weighted by Crippen LogP contribution is 2.30. The van der Waals surface area contributed by atoms with Gasteiger partial charge in [-0.25, -0.2) is 4.98 Å². The number of aromatic nitrogens is 1. The average molecular weight is 264 g/mol. The molecule has 0 bridgehead atoms. The van der Waals surface area contributed by atoms with Crippen molar-refractivity contribution in [3.63, 3.8) is 0 Å². The fourth-order valence-corrected chi connectivity index (χ4v) is 1.78. The van der Waals surface area contributed by atoms with Gasteiger partial charge in [-0.1, -0.05) is 23.7 Å². The standard InChI is InChI=1S/C14H14ClNO2/c1-9-3-4-10(2)13(5-9)18-14-12(15)6-11(8-17)7-16-14/h3-7,17H,8H2,1-2H3. The van der Waals surface area contributed by atoms with E-state index in [1.807, 2.05) is 32.0 Å². The fraction of sp³-hybridized carbons (Fsp3) is 0.214. The van der Waals surface area contributed by atoms with Crippen molar-refractivity contribution >= 4 is 11.6 Å². The van der Waals surface area contributed by atoms with E-state index in [-0.39, 0.29) is 6.61 Å². The van der Waals surface area contributed by atoms with E-state index >= 15 is 0 Å². The first-order valence-corrected chi connectivity index (χ1v) is 5.98. The van der Waals surface area contributed by atoms with Gasteiger partial charge in [0.15, 0.2) is 0 Å². The Morgan fingerprint density at radius 3 is 2.72 bits per heavy atom. The lowest BCUT2D eigenvalue weighted by atomic mass is 10.1. The summed E-state index contributed by atoms with van der Waals surface area (Å²) in [6.07, 6.45) is 1.55. The molecule has 1 aromatic carbocycles. The third kappa shape index (κ3) is 2.81. The number of rotatable bonds is 3. The molecule has 0 unspecified atom stereocenters. The predicted octanol–water partition coefficient (Wildman–Crippen LogP) is 3.64. The molecule has 18 heavy (non-hydrogen) atoms. The summed E-state index contributed by atoms with van der Waals surface area (Å²) in [4.78, 5) is 4.10. The monoisotopic (exact) mass is 263 g/mol. The highest BCUT2D eigenvalue weighted by molar-refractivity contribution is 6.31. The topological polar surface area (TPSA) is 42.4 Å². The molecule has 0 aliphatic heterocycles. The van der Waals surface area contributed by atoms with Crippen LogP contribution in [0.3, 0.4) is 0 Å². The Hall–Kier alpha value is -1.58. The second-order valence-electron chi connectivity index (χ2n) is 4.16. The van der Waals surface area contributed by atoms with E-state index in [9.17, 15) is 0 Å². The van der Waals surface area contributed by atoms with Crippen LogP contribution >= 0.6 is 11.6 Å². The summed E-state index contributed by atoms with van der Waals surface area (Å²) in [7, 11) is 0. The lowest BCUT2D eigenvalue weighted by molar-refractivity contribution is 0.281. The molecule has 1 heterocycles. The quantitative estimate of drug-likeness (QED) is 0.919. The van der Waals surface area contributed by atoms with Crippen LogP contribution in [-0.2, 0) is 6.61 Å². The predicted molar refractivity (Wildman–Crippen MR) is 71.2 cm³/mol. The molecule has 0 spiro atoms. The first-order chi connectivity index (χ1) is 8.60. The van der Waals surface area contributed by atoms with Gasteiger partial charge in [0, 0.05) is 6.20 Å². The van der Waals surface area contributed by atoms with Crippen molar-refractivity contribution < 1.29 is 9.84 Å². The van der Waals surface area contributed by atoms with E-state index in [1.165, 1.54) is 0 Å². The van der Waals surface area contributed by atoms with Gasteiger partial charge in [-0.3, -0.25) is 0 Å². The summed E-state index contributed by atoms with van der Waals surface area (Å²) in [5, 5.41) is 9.37. The highest BCUT2D eigenvalue weighted by atomic mass is 35.5. The van der Waals surface area contributed by atoms with Crippen molar-refractivity contribution in [1.82, 2.24) is 4.98 Å². The smallest absolute Gasteiger partial charge is 0.238 e. The largest absolute Gasteiger partial charge is 0.437 e. The van der Waals surface area contributed by atoms with E-state index in [2.05, 4.69) is 4.98 Å². The summed E-state index contributed by atoms with van der Waals surface area (Å²) in [6.45, 7) is 3.87. The lowest BCUT2D eigenvalue weighted by Gasteiger charge is -2.10. The number of hydrogen-bond acceptors (Lipinski definition) is 3. The van der Waals surface area contributed by atoms with Gasteiger partial charge < -0.3 is 9.84 Å². The first-order valence-electron chi connectivity index (χ1n) is 5.60. The van der Waals surface area contributed by atoms with Gasteiger partial charge in [0.05, 0.1) is 6.61 Å². The molecule has 2 aromatic rings. The van der Waals surface area contributed by atoms with Crippen molar-refractivity contribution in [2.24, 2.45) is 0 Å². The molecule has 0 saturated heterocycles. The Bertz CT molecular complexity index is 570. The maximum absolute atomic E-state index is 8.98. The summed E-state index contributed by atoms with van der Waals surface area (Å²) in [5.41, 5.74) is 2.79. The van der Waals surface area contributed by atoms with Gasteiger partial charge in [-0.05, 0) is 42.7 Å². The molecule has 1 N–H and O–H groups in total. The number of halogens is 1. The van der Waals surface area contributed by atoms with Gasteiger partial charge >= 0.3 is 0 Å². The zero-order valence-corrected chi connectivity index (χ0v) is 11.0. The van der Waals surface area contributed by atoms with E-state index in [0.717, 1.165) is 16.9 Å². The zero-order valence-electron chi connectivity index (χ0n) is 10.3. The van der Waals surface area contributed by atoms with Crippen molar-refractivity contribution in [3.05, 3.63) is 52.2 Å². The van der Waals surface area contributed by atoms with Gasteiger partial charge in [0.25, 0.3) is 0 Å². The molecule has 2 rings (SSSR count). The van der Waals surface area contributed by atoms with Gasteiger partial charge in [0.1, 0.15) is 10.8 Å². The van der Waals surface area contributed by atoms with Crippen LogP contribution in [-0.4, -0.2) is 10.1 Å². The molecule has 0 amide bonds. The van der Waals surface area contributed by atoms with Crippen LogP contribution in [0.5, 0.6) is 11.6 Å². The molecule has 0 aliphatic carbocycles. The van der Waals surface area contributed by atoms with E-state index in [4.69, 9.17) is 21.4 Å². The number of pyridine rings is 1. The lowest BCUT2D eigenvalue weighted by Crippen LogP contribution is -1.94. The van der Waals surface area contributed by atoms with Crippen LogP contribution in [0.4, 0.5) is 0 Å². The highest BCUT2D eigenvalue weighted by Gasteiger charge is 2.08. The minimum Gasteiger partial charge on any atom is -0.437 e.